The number of rotatable bonds is 5. The van der Waals surface area contributed by atoms with Crippen molar-refractivity contribution in [1.29, 1.82) is 0 Å². The van der Waals surface area contributed by atoms with Gasteiger partial charge in [-0.3, -0.25) is 4.99 Å². The normalized spacial score (nSPS) is 12.0. The van der Waals surface area contributed by atoms with Crippen LogP contribution in [0.2, 0.25) is 0 Å². The van der Waals surface area contributed by atoms with Crippen LogP contribution in [-0.4, -0.2) is 29.6 Å². The number of aromatic amines is 1. The van der Waals surface area contributed by atoms with E-state index in [1.165, 1.54) is 12.1 Å². The number of fused-ring (bicyclic) bond motifs is 1. The van der Waals surface area contributed by atoms with Gasteiger partial charge in [0.15, 0.2) is 0 Å². The summed E-state index contributed by atoms with van der Waals surface area (Å²) < 4.78 is 27.7. The molecule has 0 aliphatic heterocycles. The predicted molar refractivity (Wildman–Crippen MR) is 119 cm³/mol. The molecule has 0 amide bonds. The molecule has 0 saturated carbocycles. The van der Waals surface area contributed by atoms with Gasteiger partial charge < -0.3 is 4.98 Å². The van der Waals surface area contributed by atoms with Gasteiger partial charge in [0.25, 0.3) is 10.0 Å². The lowest BCUT2D eigenvalue weighted by molar-refractivity contribution is 0.601. The topological polar surface area (TPSA) is 100 Å². The zero-order valence-electron chi connectivity index (χ0n) is 16.8. The van der Waals surface area contributed by atoms with Crippen molar-refractivity contribution in [1.82, 2.24) is 15.0 Å². The Morgan fingerprint density at radius 3 is 2.33 bits per heavy atom. The summed E-state index contributed by atoms with van der Waals surface area (Å²) in [7, 11) is -3.79. The van der Waals surface area contributed by atoms with E-state index in [1.807, 2.05) is 31.2 Å². The average molecular weight is 420 g/mol. The number of benzene rings is 2. The number of hydrogen-bond acceptors (Lipinski definition) is 5. The lowest BCUT2D eigenvalue weighted by atomic mass is 10.1. The lowest BCUT2D eigenvalue weighted by Crippen LogP contribution is -2.15. The molecule has 2 heterocycles. The van der Waals surface area contributed by atoms with E-state index in [9.17, 15) is 8.42 Å². The highest BCUT2D eigenvalue weighted by molar-refractivity contribution is 7.92. The molecule has 7 nitrogen and oxygen atoms in total. The first-order valence-electron chi connectivity index (χ1n) is 9.38. The number of H-pyrrole nitrogens is 1. The predicted octanol–water partition coefficient (Wildman–Crippen LogP) is 4.43. The molecule has 2 aromatic heterocycles. The number of nitrogens with one attached hydrogen (secondary N) is 2. The minimum atomic E-state index is -3.79. The minimum absolute atomic E-state index is 0.0596. The summed E-state index contributed by atoms with van der Waals surface area (Å²) in [4.78, 5) is 16.2. The Kier molecular flexibility index (Phi) is 5.09. The molecule has 0 fully saturated rings. The largest absolute Gasteiger partial charge is 0.358 e. The highest BCUT2D eigenvalue weighted by Gasteiger charge is 2.16. The third-order valence-electron chi connectivity index (χ3n) is 4.64. The summed E-state index contributed by atoms with van der Waals surface area (Å²) in [6, 6.07) is 16.2. The Bertz CT molecular complexity index is 1340. The lowest BCUT2D eigenvalue weighted by Gasteiger charge is -2.08. The van der Waals surface area contributed by atoms with Crippen molar-refractivity contribution in [3.63, 3.8) is 0 Å². The molecule has 8 heteroatoms. The molecular weight excluding hydrogens is 398 g/mol. The second-order valence-corrected chi connectivity index (χ2v) is 8.72. The van der Waals surface area contributed by atoms with Crippen molar-refractivity contribution in [2.24, 2.45) is 4.99 Å². The smallest absolute Gasteiger partial charge is 0.264 e. The zero-order valence-corrected chi connectivity index (χ0v) is 17.7. The third kappa shape index (κ3) is 4.08. The highest BCUT2D eigenvalue weighted by atomic mass is 32.2. The summed E-state index contributed by atoms with van der Waals surface area (Å²) in [5.41, 5.74) is 5.13. The summed E-state index contributed by atoms with van der Waals surface area (Å²) in [6.07, 6.45) is 1.79. The monoisotopic (exact) mass is 419 g/mol. The summed E-state index contributed by atoms with van der Waals surface area (Å²) in [6.45, 7) is 5.57. The van der Waals surface area contributed by atoms with Crippen LogP contribution in [0.5, 0.6) is 0 Å². The van der Waals surface area contributed by atoms with E-state index in [2.05, 4.69) is 24.7 Å². The van der Waals surface area contributed by atoms with Gasteiger partial charge in [-0.05, 0) is 57.2 Å². The van der Waals surface area contributed by atoms with Gasteiger partial charge in [0, 0.05) is 39.8 Å². The quantitative estimate of drug-likeness (QED) is 0.467. The van der Waals surface area contributed by atoms with Crippen molar-refractivity contribution in [3.8, 4) is 0 Å². The molecule has 0 aliphatic rings. The first-order valence-corrected chi connectivity index (χ1v) is 10.9. The van der Waals surface area contributed by atoms with Crippen molar-refractivity contribution in [2.75, 3.05) is 4.72 Å². The average Bonchev–Trinajstić information content (AvgIpc) is 3.00. The third-order valence-corrected chi connectivity index (χ3v) is 5.99. The highest BCUT2D eigenvalue weighted by Crippen LogP contribution is 2.22. The first kappa shape index (κ1) is 19.8. The Morgan fingerprint density at radius 1 is 0.967 bits per heavy atom. The van der Waals surface area contributed by atoms with Crippen molar-refractivity contribution < 1.29 is 8.42 Å². The second-order valence-electron chi connectivity index (χ2n) is 7.04. The molecular formula is C22H21N5O2S. The summed E-state index contributed by atoms with van der Waals surface area (Å²) in [5, 5.41) is 1.09. The molecule has 4 rings (SSSR count). The second kappa shape index (κ2) is 7.72. The number of aliphatic imine (C=N–C) groups is 1. The van der Waals surface area contributed by atoms with E-state index in [0.29, 0.717) is 17.1 Å². The van der Waals surface area contributed by atoms with Crippen molar-refractivity contribution in [2.45, 2.75) is 25.7 Å². The van der Waals surface area contributed by atoms with Crippen LogP contribution in [0.4, 0.5) is 11.6 Å². The number of anilines is 1. The standard InChI is InChI=1S/C22H21N5O2S/c1-14-12-15(2)25-22(24-14)27-30(28,29)18-10-8-17(9-11-18)23-13-20-16(3)26-21-7-5-4-6-19(20)21/h4-13,26H,1-3H3,(H,24,25,27). The number of nitrogens with zero attached hydrogens (tertiary/aromatic N) is 3. The van der Waals surface area contributed by atoms with E-state index in [0.717, 1.165) is 22.2 Å². The van der Waals surface area contributed by atoms with Gasteiger partial charge in [-0.15, -0.1) is 0 Å². The fourth-order valence-corrected chi connectivity index (χ4v) is 4.21. The Morgan fingerprint density at radius 2 is 1.63 bits per heavy atom. The molecule has 0 spiro atoms. The van der Waals surface area contributed by atoms with E-state index in [-0.39, 0.29) is 10.8 Å². The maximum absolute atomic E-state index is 12.6. The molecule has 0 atom stereocenters. The van der Waals surface area contributed by atoms with Crippen molar-refractivity contribution in [3.05, 3.63) is 77.2 Å². The van der Waals surface area contributed by atoms with Gasteiger partial charge in [0.2, 0.25) is 5.95 Å². The zero-order chi connectivity index (χ0) is 21.3. The SMILES string of the molecule is Cc1cc(C)nc(NS(=O)(=O)c2ccc(N=Cc3c(C)[nH]c4ccccc34)cc2)n1. The molecule has 0 saturated heterocycles. The van der Waals surface area contributed by atoms with E-state index < -0.39 is 10.0 Å². The molecule has 2 N–H and O–H groups in total. The molecule has 4 aromatic rings. The molecule has 0 radical (unpaired) electrons. The fourth-order valence-electron chi connectivity index (χ4n) is 3.27. The number of aryl methyl sites for hydroxylation is 3. The first-order chi connectivity index (χ1) is 14.3. The maximum Gasteiger partial charge on any atom is 0.264 e. The van der Waals surface area contributed by atoms with E-state index in [1.54, 1.807) is 38.3 Å². The van der Waals surface area contributed by atoms with Gasteiger partial charge in [0.1, 0.15) is 0 Å². The van der Waals surface area contributed by atoms with E-state index in [4.69, 9.17) is 0 Å². The van der Waals surface area contributed by atoms with E-state index >= 15 is 0 Å². The van der Waals surface area contributed by atoms with Gasteiger partial charge in [-0.2, -0.15) is 0 Å². The molecule has 30 heavy (non-hydrogen) atoms. The van der Waals surface area contributed by atoms with Gasteiger partial charge in [-0.1, -0.05) is 18.2 Å². The number of sulfonamides is 1. The van der Waals surface area contributed by atoms with Crippen LogP contribution in [0, 0.1) is 20.8 Å². The molecule has 0 unspecified atom stereocenters. The van der Waals surface area contributed by atoms with Crippen molar-refractivity contribution >= 4 is 38.8 Å². The van der Waals surface area contributed by atoms with Crippen LogP contribution in [0.25, 0.3) is 10.9 Å². The number of hydrogen-bond donors (Lipinski definition) is 2. The maximum atomic E-state index is 12.6. The van der Waals surface area contributed by atoms with Gasteiger partial charge in [0.05, 0.1) is 10.6 Å². The Labute approximate surface area is 175 Å². The minimum Gasteiger partial charge on any atom is -0.358 e. The Balaban J connectivity index is 1.56. The number of para-hydroxylation sites is 1. The van der Waals surface area contributed by atoms with Crippen LogP contribution in [0.1, 0.15) is 22.6 Å². The summed E-state index contributed by atoms with van der Waals surface area (Å²) in [5.74, 6) is 0.0596. The van der Waals surface area contributed by atoms with Crippen LogP contribution in [0.3, 0.4) is 0 Å². The van der Waals surface area contributed by atoms with Crippen LogP contribution >= 0.6 is 0 Å². The van der Waals surface area contributed by atoms with Gasteiger partial charge in [-0.25, -0.2) is 23.1 Å². The van der Waals surface area contributed by atoms with Crippen LogP contribution in [-0.2, 0) is 10.0 Å². The molecule has 152 valence electrons. The van der Waals surface area contributed by atoms with Gasteiger partial charge >= 0.3 is 0 Å². The molecule has 0 bridgehead atoms. The molecule has 0 aliphatic carbocycles. The molecule has 2 aromatic carbocycles. The van der Waals surface area contributed by atoms with Crippen LogP contribution in [0.15, 0.2) is 64.5 Å². The number of aromatic nitrogens is 3. The summed E-state index contributed by atoms with van der Waals surface area (Å²) >= 11 is 0. The fraction of sp³-hybridized carbons (Fsp3) is 0.136. The Hall–Kier alpha value is -3.52. The van der Waals surface area contributed by atoms with Crippen LogP contribution < -0.4 is 4.72 Å².